The molecule has 2 N–H and O–H groups in total. The van der Waals surface area contributed by atoms with Gasteiger partial charge < -0.3 is 10.1 Å². The summed E-state index contributed by atoms with van der Waals surface area (Å²) in [4.78, 5) is 17.8. The molecule has 160 valence electrons. The molecule has 31 heavy (non-hydrogen) atoms. The molecule has 8 heteroatoms. The Morgan fingerprint density at radius 2 is 1.97 bits per heavy atom. The first-order chi connectivity index (χ1) is 15.0. The van der Waals surface area contributed by atoms with Gasteiger partial charge in [0.1, 0.15) is 5.75 Å². The van der Waals surface area contributed by atoms with Crippen molar-refractivity contribution in [1.82, 2.24) is 30.9 Å². The molecule has 0 fully saturated rings. The first-order valence-corrected chi connectivity index (χ1v) is 10.5. The predicted molar refractivity (Wildman–Crippen MR) is 117 cm³/mol. The zero-order chi connectivity index (χ0) is 21.8. The average Bonchev–Trinajstić information content (AvgIpc) is 3.29. The van der Waals surface area contributed by atoms with Gasteiger partial charge >= 0.3 is 0 Å². The Bertz CT molecular complexity index is 1070. The van der Waals surface area contributed by atoms with E-state index in [2.05, 4.69) is 37.8 Å². The number of amides is 1. The van der Waals surface area contributed by atoms with Gasteiger partial charge in [0.05, 0.1) is 23.4 Å². The van der Waals surface area contributed by atoms with Crippen LogP contribution in [0.2, 0.25) is 0 Å². The summed E-state index contributed by atoms with van der Waals surface area (Å²) in [7, 11) is 0. The maximum Gasteiger partial charge on any atom is 0.256 e. The molecule has 3 heterocycles. The van der Waals surface area contributed by atoms with Gasteiger partial charge in [-0.25, -0.2) is 0 Å². The number of carbonyl (C=O) groups is 1. The summed E-state index contributed by atoms with van der Waals surface area (Å²) in [5.74, 6) is 0.832. The number of aromatic amines is 1. The molecule has 8 nitrogen and oxygen atoms in total. The lowest BCUT2D eigenvalue weighted by atomic mass is 9.79. The predicted octanol–water partition coefficient (Wildman–Crippen LogP) is 3.43. The molecule has 0 radical (unpaired) electrons. The van der Waals surface area contributed by atoms with Crippen LogP contribution in [0.15, 0.2) is 42.6 Å². The van der Waals surface area contributed by atoms with Crippen LogP contribution in [0.4, 0.5) is 0 Å². The number of ether oxygens (including phenoxy) is 1. The minimum absolute atomic E-state index is 0.254. The fourth-order valence-corrected chi connectivity index (χ4v) is 3.73. The van der Waals surface area contributed by atoms with Crippen molar-refractivity contribution in [3.8, 4) is 5.75 Å². The number of hydrogen-bond donors (Lipinski definition) is 2. The highest BCUT2D eigenvalue weighted by atomic mass is 16.5. The zero-order valence-corrected chi connectivity index (χ0v) is 18.0. The minimum atomic E-state index is -0.617. The molecule has 1 aliphatic rings. The van der Waals surface area contributed by atoms with E-state index in [1.165, 1.54) is 0 Å². The molecule has 1 atom stereocenters. The van der Waals surface area contributed by atoms with Gasteiger partial charge in [-0.2, -0.15) is 5.21 Å². The number of H-pyrrole nitrogens is 1. The number of aromatic nitrogens is 5. The van der Waals surface area contributed by atoms with E-state index in [9.17, 15) is 4.79 Å². The highest BCUT2D eigenvalue weighted by Crippen LogP contribution is 2.40. The fourth-order valence-electron chi connectivity index (χ4n) is 3.73. The molecular formula is C23H26N6O2. The summed E-state index contributed by atoms with van der Waals surface area (Å²) in [5.41, 5.74) is 3.32. The minimum Gasteiger partial charge on any atom is -0.494 e. The highest BCUT2D eigenvalue weighted by molar-refractivity contribution is 6.27. The average molecular weight is 419 g/mol. The largest absolute Gasteiger partial charge is 0.494 e. The van der Waals surface area contributed by atoms with Crippen LogP contribution in [0.5, 0.6) is 5.75 Å². The number of hydrogen-bond acceptors (Lipinski definition) is 6. The molecule has 0 bridgehead atoms. The number of nitrogens with zero attached hydrogens (tertiary/aromatic N) is 4. The Kier molecular flexibility index (Phi) is 5.79. The molecule has 0 aliphatic carbocycles. The van der Waals surface area contributed by atoms with Crippen LogP contribution in [0.1, 0.15) is 55.8 Å². The lowest BCUT2D eigenvalue weighted by Gasteiger charge is -2.37. The smallest absolute Gasteiger partial charge is 0.256 e. The van der Waals surface area contributed by atoms with Crippen molar-refractivity contribution in [2.45, 2.75) is 45.6 Å². The maximum atomic E-state index is 13.2. The molecule has 1 aromatic carbocycles. The third kappa shape index (κ3) is 4.33. The third-order valence-electron chi connectivity index (χ3n) is 5.50. The number of tetrazole rings is 1. The topological polar surface area (TPSA) is 106 Å². The number of aryl methyl sites for hydroxylation is 1. The molecule has 0 unspecified atom stereocenters. The monoisotopic (exact) mass is 418 g/mol. The van der Waals surface area contributed by atoms with Gasteiger partial charge in [-0.1, -0.05) is 31.5 Å². The molecule has 0 saturated heterocycles. The molecule has 0 spiro atoms. The van der Waals surface area contributed by atoms with E-state index < -0.39 is 5.54 Å². The zero-order valence-electron chi connectivity index (χ0n) is 18.0. The Labute approximate surface area is 181 Å². The lowest BCUT2D eigenvalue weighted by Crippen LogP contribution is -2.47. The second kappa shape index (κ2) is 8.67. The van der Waals surface area contributed by atoms with Crippen molar-refractivity contribution < 1.29 is 9.53 Å². The summed E-state index contributed by atoms with van der Waals surface area (Å²) in [5, 5.41) is 17.3. The van der Waals surface area contributed by atoms with E-state index in [4.69, 9.17) is 4.74 Å². The van der Waals surface area contributed by atoms with Crippen molar-refractivity contribution in [2.24, 2.45) is 0 Å². The van der Waals surface area contributed by atoms with Gasteiger partial charge in [0.2, 0.25) is 5.82 Å². The van der Waals surface area contributed by atoms with Gasteiger partial charge in [0.15, 0.2) is 0 Å². The van der Waals surface area contributed by atoms with Crippen LogP contribution < -0.4 is 10.1 Å². The van der Waals surface area contributed by atoms with Gasteiger partial charge in [0.25, 0.3) is 5.91 Å². The second-order valence-corrected chi connectivity index (χ2v) is 8.00. The van der Waals surface area contributed by atoms with E-state index in [1.807, 2.05) is 50.2 Å². The normalized spacial score (nSPS) is 18.7. The van der Waals surface area contributed by atoms with Crippen LogP contribution in [0, 0.1) is 6.92 Å². The molecule has 1 amide bonds. The molecular weight excluding hydrogens is 392 g/mol. The van der Waals surface area contributed by atoms with Crippen LogP contribution in [0.3, 0.4) is 0 Å². The molecule has 3 aromatic rings. The Morgan fingerprint density at radius 1 is 1.16 bits per heavy atom. The standard InChI is InChI=1S/C23H26N6O2/c1-4-5-12-31-17-9-7-16(8-10-17)23(3)13-18(19-11-6-15(2)14-24-19)20(22(30)25-23)21-26-28-29-27-21/h6-11,14H,4-5,12-13H2,1-3H3,(H,25,30)(H,26,27,28,29)/t23-/m0/s1. The van der Waals surface area contributed by atoms with Gasteiger partial charge in [-0.3, -0.25) is 9.78 Å². The summed E-state index contributed by atoms with van der Waals surface area (Å²) >= 11 is 0. The number of carbonyl (C=O) groups excluding carboxylic acids is 1. The fraction of sp³-hybridized carbons (Fsp3) is 0.348. The Hall–Kier alpha value is -3.55. The van der Waals surface area contributed by atoms with Crippen molar-refractivity contribution in [3.63, 3.8) is 0 Å². The SMILES string of the molecule is CCCCOc1ccc([C@]2(C)CC(c3ccc(C)cn3)=C(c3nn[nH]n3)C(=O)N2)cc1. The van der Waals surface area contributed by atoms with Gasteiger partial charge in [-0.15, -0.1) is 10.2 Å². The number of pyridine rings is 1. The summed E-state index contributed by atoms with van der Waals surface area (Å²) in [6, 6.07) is 11.8. The molecule has 0 saturated carbocycles. The Morgan fingerprint density at radius 3 is 2.61 bits per heavy atom. The number of benzene rings is 1. The van der Waals surface area contributed by atoms with Gasteiger partial charge in [-0.05, 0) is 60.4 Å². The highest BCUT2D eigenvalue weighted by Gasteiger charge is 2.39. The van der Waals surface area contributed by atoms with Gasteiger partial charge in [0, 0.05) is 12.6 Å². The molecule has 1 aliphatic heterocycles. The number of unbranched alkanes of at least 4 members (excludes halogenated alkanes) is 1. The second-order valence-electron chi connectivity index (χ2n) is 8.00. The van der Waals surface area contributed by atoms with Crippen molar-refractivity contribution in [2.75, 3.05) is 6.61 Å². The van der Waals surface area contributed by atoms with Crippen LogP contribution >= 0.6 is 0 Å². The first-order valence-electron chi connectivity index (χ1n) is 10.5. The van der Waals surface area contributed by atoms with Crippen LogP contribution in [-0.2, 0) is 10.3 Å². The quantitative estimate of drug-likeness (QED) is 0.570. The van der Waals surface area contributed by atoms with E-state index in [1.54, 1.807) is 6.20 Å². The van der Waals surface area contributed by atoms with E-state index >= 15 is 0 Å². The molecule has 4 rings (SSSR count). The summed E-state index contributed by atoms with van der Waals surface area (Å²) in [6.45, 7) is 6.83. The summed E-state index contributed by atoms with van der Waals surface area (Å²) in [6.07, 6.45) is 4.44. The lowest BCUT2D eigenvalue weighted by molar-refractivity contribution is -0.117. The number of nitrogens with one attached hydrogen (secondary N) is 2. The van der Waals surface area contributed by atoms with Crippen molar-refractivity contribution in [3.05, 3.63) is 65.2 Å². The third-order valence-corrected chi connectivity index (χ3v) is 5.50. The number of rotatable bonds is 7. The van der Waals surface area contributed by atoms with Crippen LogP contribution in [0.25, 0.3) is 11.1 Å². The first kappa shape index (κ1) is 20.7. The van der Waals surface area contributed by atoms with Crippen LogP contribution in [-0.4, -0.2) is 38.1 Å². The maximum absolute atomic E-state index is 13.2. The van der Waals surface area contributed by atoms with E-state index in [-0.39, 0.29) is 11.7 Å². The van der Waals surface area contributed by atoms with E-state index in [0.717, 1.165) is 41.0 Å². The van der Waals surface area contributed by atoms with E-state index in [0.29, 0.717) is 18.6 Å². The van der Waals surface area contributed by atoms with Crippen molar-refractivity contribution >= 4 is 17.1 Å². The summed E-state index contributed by atoms with van der Waals surface area (Å²) < 4.78 is 5.78. The van der Waals surface area contributed by atoms with Crippen molar-refractivity contribution in [1.29, 1.82) is 0 Å². The Balaban J connectivity index is 1.70. The molecule has 2 aromatic heterocycles.